The van der Waals surface area contributed by atoms with Gasteiger partial charge in [-0.2, -0.15) is 5.10 Å². The second-order valence-corrected chi connectivity index (χ2v) is 14.4. The van der Waals surface area contributed by atoms with Gasteiger partial charge in [0.25, 0.3) is 0 Å². The van der Waals surface area contributed by atoms with E-state index in [1.165, 1.54) is 14.7 Å². The number of fused-ring (bicyclic) bond motifs is 1. The maximum atomic E-state index is 14.1. The van der Waals surface area contributed by atoms with E-state index in [1.807, 2.05) is 45.0 Å². The molecule has 1 N–H and O–H groups in total. The number of para-hydroxylation sites is 1. The van der Waals surface area contributed by atoms with E-state index in [9.17, 15) is 19.2 Å². The number of esters is 1. The lowest BCUT2D eigenvalue weighted by Crippen LogP contribution is -2.47. The van der Waals surface area contributed by atoms with Gasteiger partial charge in [0, 0.05) is 28.1 Å². The van der Waals surface area contributed by atoms with Gasteiger partial charge in [0.05, 0.1) is 23.4 Å². The van der Waals surface area contributed by atoms with Crippen LogP contribution < -0.4 is 10.2 Å². The molecule has 5 rings (SSSR count). The van der Waals surface area contributed by atoms with Gasteiger partial charge in [-0.3, -0.25) is 19.3 Å². The summed E-state index contributed by atoms with van der Waals surface area (Å²) in [6.07, 6.45) is 5.15. The van der Waals surface area contributed by atoms with Gasteiger partial charge in [0.1, 0.15) is 6.54 Å². The zero-order valence-electron chi connectivity index (χ0n) is 28.5. The van der Waals surface area contributed by atoms with Gasteiger partial charge in [-0.15, -0.1) is 15.0 Å². The summed E-state index contributed by atoms with van der Waals surface area (Å²) < 4.78 is 5.26. The van der Waals surface area contributed by atoms with Gasteiger partial charge in [-0.05, 0) is 57.0 Å². The number of aromatic nitrogens is 4. The van der Waals surface area contributed by atoms with Crippen LogP contribution in [0.1, 0.15) is 79.2 Å². The number of ether oxygens (including phenoxy) is 1. The molecule has 2 aliphatic rings. The largest absolute Gasteiger partial charge is 0.440 e. The molecule has 13 nitrogen and oxygen atoms in total. The highest BCUT2D eigenvalue weighted by atomic mass is 16.5. The summed E-state index contributed by atoms with van der Waals surface area (Å²) in [5.41, 5.74) is 1.89. The van der Waals surface area contributed by atoms with Crippen LogP contribution in [0.2, 0.25) is 0 Å². The van der Waals surface area contributed by atoms with Gasteiger partial charge in [0.2, 0.25) is 18.5 Å². The molecule has 13 heteroatoms. The molecule has 0 bridgehead atoms. The highest BCUT2D eigenvalue weighted by Gasteiger charge is 2.36. The van der Waals surface area contributed by atoms with Crippen LogP contribution in [-0.2, 0) is 25.9 Å². The number of ketones is 1. The van der Waals surface area contributed by atoms with Crippen molar-refractivity contribution in [1.29, 1.82) is 0 Å². The molecule has 1 aliphatic heterocycles. The summed E-state index contributed by atoms with van der Waals surface area (Å²) in [5.74, 6) is -0.556. The fourth-order valence-electron chi connectivity index (χ4n) is 5.53. The van der Waals surface area contributed by atoms with Crippen LogP contribution in [0.3, 0.4) is 0 Å². The highest BCUT2D eigenvalue weighted by molar-refractivity contribution is 6.13. The number of anilines is 2. The number of hydrogen-bond acceptors (Lipinski definition) is 9. The van der Waals surface area contributed by atoms with Gasteiger partial charge in [-0.1, -0.05) is 70.4 Å². The molecular weight excluding hydrogens is 612 g/mol. The van der Waals surface area contributed by atoms with Crippen LogP contribution in [-0.4, -0.2) is 67.7 Å². The Kier molecular flexibility index (Phi) is 10.1. The van der Waals surface area contributed by atoms with Crippen molar-refractivity contribution in [3.05, 3.63) is 54.1 Å². The summed E-state index contributed by atoms with van der Waals surface area (Å²) in [5, 5.41) is 21.2. The van der Waals surface area contributed by atoms with Crippen LogP contribution in [0, 0.1) is 16.7 Å². The first-order valence-electron chi connectivity index (χ1n) is 16.4. The molecule has 0 saturated heterocycles. The number of hydrogen-bond donors (Lipinski definition) is 1. The molecule has 0 radical (unpaired) electrons. The van der Waals surface area contributed by atoms with E-state index >= 15 is 0 Å². The monoisotopic (exact) mass is 656 g/mol. The number of nitrogens with one attached hydrogen (secondary N) is 1. The molecule has 1 fully saturated rings. The normalized spacial score (nSPS) is 15.8. The van der Waals surface area contributed by atoms with E-state index in [0.717, 1.165) is 43.4 Å². The summed E-state index contributed by atoms with van der Waals surface area (Å²) in [7, 11) is 0. The zero-order valence-corrected chi connectivity index (χ0v) is 28.5. The second kappa shape index (κ2) is 14.0. The van der Waals surface area contributed by atoms with Gasteiger partial charge < -0.3 is 10.1 Å². The van der Waals surface area contributed by atoms with E-state index in [4.69, 9.17) is 9.84 Å². The van der Waals surface area contributed by atoms with Crippen LogP contribution in [0.15, 0.2) is 53.6 Å². The van der Waals surface area contributed by atoms with E-state index in [0.29, 0.717) is 16.9 Å². The van der Waals surface area contributed by atoms with Crippen molar-refractivity contribution in [3.63, 3.8) is 0 Å². The number of hydrazone groups is 1. The first-order chi connectivity index (χ1) is 22.7. The van der Waals surface area contributed by atoms with Crippen molar-refractivity contribution in [2.45, 2.75) is 80.4 Å². The number of Topliss-reactive ketones (excluding diaryl/α,β-unsaturated/α-hetero) is 1. The molecule has 48 heavy (non-hydrogen) atoms. The van der Waals surface area contributed by atoms with Crippen LogP contribution in [0.25, 0.3) is 11.4 Å². The van der Waals surface area contributed by atoms with Crippen molar-refractivity contribution in [2.24, 2.45) is 21.8 Å². The van der Waals surface area contributed by atoms with Crippen LogP contribution >= 0.6 is 0 Å². The topological polar surface area (TPSA) is 152 Å². The first-order valence-corrected chi connectivity index (χ1v) is 16.4. The number of nitrogens with zero attached hydrogens (tertiary/aromatic N) is 7. The molecule has 0 unspecified atom stereocenters. The lowest BCUT2D eigenvalue weighted by atomic mass is 9.83. The Hall–Kier alpha value is -4.94. The van der Waals surface area contributed by atoms with E-state index in [2.05, 4.69) is 20.7 Å². The number of carbonyl (C=O) groups is 4. The van der Waals surface area contributed by atoms with Gasteiger partial charge in [-0.25, -0.2) is 9.80 Å². The number of rotatable bonds is 9. The Morgan fingerprint density at radius 2 is 1.65 bits per heavy atom. The smallest absolute Gasteiger partial charge is 0.345 e. The predicted octanol–water partition coefficient (Wildman–Crippen LogP) is 5.67. The molecule has 2 aromatic carbocycles. The summed E-state index contributed by atoms with van der Waals surface area (Å²) in [6, 6.07) is 13.9. The molecule has 1 saturated carbocycles. The van der Waals surface area contributed by atoms with Gasteiger partial charge in [0.15, 0.2) is 5.78 Å². The van der Waals surface area contributed by atoms with Crippen LogP contribution in [0.5, 0.6) is 0 Å². The lowest BCUT2D eigenvalue weighted by Gasteiger charge is -2.28. The molecule has 1 aromatic heterocycles. The first kappa shape index (κ1) is 34.4. The van der Waals surface area contributed by atoms with E-state index in [1.54, 1.807) is 45.0 Å². The Morgan fingerprint density at radius 3 is 2.35 bits per heavy atom. The zero-order chi connectivity index (χ0) is 34.6. The minimum atomic E-state index is -0.668. The molecule has 0 atom stereocenters. The van der Waals surface area contributed by atoms with E-state index in [-0.39, 0.29) is 37.3 Å². The Bertz CT molecular complexity index is 1710. The average molecular weight is 657 g/mol. The third-order valence-electron chi connectivity index (χ3n) is 8.36. The van der Waals surface area contributed by atoms with Gasteiger partial charge >= 0.3 is 12.0 Å². The number of benzene rings is 2. The summed E-state index contributed by atoms with van der Waals surface area (Å²) in [4.78, 5) is 55.6. The SMILES string of the molecule is CC(C)(C)C(=O)CN1C(=O)N(CC(=O)Nc2cccc(-c3nnn(COC(=O)C(C)(C)C)n3)c2)N=C(C2CCCCC2)c2ccccc21. The third-order valence-corrected chi connectivity index (χ3v) is 8.36. The maximum Gasteiger partial charge on any atom is 0.345 e. The highest BCUT2D eigenvalue weighted by Crippen LogP contribution is 2.34. The predicted molar refractivity (Wildman–Crippen MR) is 181 cm³/mol. The molecule has 254 valence electrons. The third kappa shape index (κ3) is 8.12. The van der Waals surface area contributed by atoms with Crippen molar-refractivity contribution >= 4 is 40.8 Å². The summed E-state index contributed by atoms with van der Waals surface area (Å²) >= 11 is 0. The molecule has 0 spiro atoms. The Labute approximate surface area is 280 Å². The molecular formula is C35H44N8O5. The Balaban J connectivity index is 1.36. The second-order valence-electron chi connectivity index (χ2n) is 14.4. The number of urea groups is 1. The minimum absolute atomic E-state index is 0.106. The van der Waals surface area contributed by atoms with Crippen molar-refractivity contribution < 1.29 is 23.9 Å². The van der Waals surface area contributed by atoms with Crippen LogP contribution in [0.4, 0.5) is 16.2 Å². The molecule has 3 aromatic rings. The fraction of sp³-hybridized carbons (Fsp3) is 0.486. The van der Waals surface area contributed by atoms with Crippen molar-refractivity contribution in [2.75, 3.05) is 23.3 Å². The van der Waals surface area contributed by atoms with Crippen molar-refractivity contribution in [1.82, 2.24) is 25.2 Å². The molecule has 1 aliphatic carbocycles. The Morgan fingerprint density at radius 1 is 0.917 bits per heavy atom. The maximum absolute atomic E-state index is 14.1. The number of amides is 3. The standard InChI is InChI=1S/C35H44N8O5/c1-34(2,3)28(44)20-41-27-18-11-10-17-26(27)30(23-13-8-7-9-14-23)38-42(33(41)47)21-29(45)36-25-16-12-15-24(19-25)31-37-40-43(39-31)22-48-32(46)35(4,5)6/h10-12,15-19,23H,7-9,13-14,20-22H2,1-6H3,(H,36,45). The minimum Gasteiger partial charge on any atom is -0.440 e. The number of tetrazole rings is 1. The molecule has 2 heterocycles. The van der Waals surface area contributed by atoms with Crippen molar-refractivity contribution in [3.8, 4) is 11.4 Å². The lowest BCUT2D eigenvalue weighted by molar-refractivity contribution is -0.158. The number of carbonyl (C=O) groups excluding carboxylic acids is 4. The quantitative estimate of drug-likeness (QED) is 0.290. The van der Waals surface area contributed by atoms with E-state index < -0.39 is 28.7 Å². The average Bonchev–Trinajstić information content (AvgIpc) is 3.49. The fourth-order valence-corrected chi connectivity index (χ4v) is 5.53. The summed E-state index contributed by atoms with van der Waals surface area (Å²) in [6.45, 7) is 10.0. The molecule has 3 amide bonds.